The third-order valence-electron chi connectivity index (χ3n) is 2.06. The zero-order chi connectivity index (χ0) is 9.80. The van der Waals surface area contributed by atoms with Crippen LogP contribution in [0.15, 0.2) is 35.8 Å². The van der Waals surface area contributed by atoms with Gasteiger partial charge in [0.2, 0.25) is 0 Å². The maximum absolute atomic E-state index is 5.55. The Morgan fingerprint density at radius 2 is 2.21 bits per heavy atom. The molecule has 0 spiro atoms. The zero-order valence-electron chi connectivity index (χ0n) is 7.81. The molecule has 0 bridgehead atoms. The van der Waals surface area contributed by atoms with Crippen LogP contribution in [0.2, 0.25) is 0 Å². The van der Waals surface area contributed by atoms with E-state index in [1.807, 2.05) is 24.4 Å². The second-order valence-electron chi connectivity index (χ2n) is 3.03. The molecule has 0 radical (unpaired) electrons. The van der Waals surface area contributed by atoms with Crippen molar-refractivity contribution >= 4 is 11.3 Å². The van der Waals surface area contributed by atoms with Gasteiger partial charge in [0.15, 0.2) is 0 Å². The van der Waals surface area contributed by atoms with Crippen LogP contribution in [-0.4, -0.2) is 11.5 Å². The average Bonchev–Trinajstić information content (AvgIpc) is 2.68. The molecule has 2 aromatic heterocycles. The largest absolute Gasteiger partial charge is 0.330 e. The predicted molar refractivity (Wildman–Crippen MR) is 60.3 cm³/mol. The van der Waals surface area contributed by atoms with Gasteiger partial charge in [-0.3, -0.25) is 4.98 Å². The highest BCUT2D eigenvalue weighted by Gasteiger charge is 2.06. The van der Waals surface area contributed by atoms with Crippen molar-refractivity contribution in [2.75, 3.05) is 6.54 Å². The summed E-state index contributed by atoms with van der Waals surface area (Å²) in [6.07, 6.45) is 2.75. The fourth-order valence-corrected chi connectivity index (χ4v) is 2.34. The summed E-state index contributed by atoms with van der Waals surface area (Å²) in [4.78, 5) is 5.58. The van der Waals surface area contributed by atoms with Crippen molar-refractivity contribution in [1.29, 1.82) is 0 Å². The number of hydrogen-bond acceptors (Lipinski definition) is 3. The van der Waals surface area contributed by atoms with E-state index in [0.717, 1.165) is 12.1 Å². The van der Waals surface area contributed by atoms with Crippen LogP contribution >= 0.6 is 11.3 Å². The summed E-state index contributed by atoms with van der Waals surface area (Å²) in [5.74, 6) is 0. The first-order chi connectivity index (χ1) is 6.92. The Morgan fingerprint density at radius 3 is 2.93 bits per heavy atom. The molecule has 2 N–H and O–H groups in total. The molecule has 0 unspecified atom stereocenters. The Morgan fingerprint density at radius 1 is 1.29 bits per heavy atom. The Bertz CT molecular complexity index is 395. The van der Waals surface area contributed by atoms with Crippen LogP contribution in [0.4, 0.5) is 0 Å². The van der Waals surface area contributed by atoms with Crippen molar-refractivity contribution in [3.63, 3.8) is 0 Å². The zero-order valence-corrected chi connectivity index (χ0v) is 8.63. The molecule has 0 saturated carbocycles. The maximum atomic E-state index is 5.55. The molecular formula is C11H12N2S. The van der Waals surface area contributed by atoms with E-state index in [2.05, 4.69) is 16.4 Å². The van der Waals surface area contributed by atoms with Gasteiger partial charge in [-0.15, -0.1) is 11.3 Å². The summed E-state index contributed by atoms with van der Waals surface area (Å²) in [5.41, 5.74) is 7.90. The molecule has 72 valence electrons. The monoisotopic (exact) mass is 204 g/mol. The Balaban J connectivity index is 2.37. The molecule has 0 aromatic carbocycles. The Hall–Kier alpha value is -1.19. The number of hydrogen-bond donors (Lipinski definition) is 1. The lowest BCUT2D eigenvalue weighted by atomic mass is 10.1. The molecule has 2 rings (SSSR count). The van der Waals surface area contributed by atoms with Crippen LogP contribution in [-0.2, 0) is 6.42 Å². The van der Waals surface area contributed by atoms with Crippen molar-refractivity contribution < 1.29 is 0 Å². The van der Waals surface area contributed by atoms with Crippen molar-refractivity contribution in [1.82, 2.24) is 4.98 Å². The van der Waals surface area contributed by atoms with Gasteiger partial charge >= 0.3 is 0 Å². The van der Waals surface area contributed by atoms with E-state index < -0.39 is 0 Å². The maximum Gasteiger partial charge on any atom is 0.0804 e. The number of nitrogens with zero attached hydrogens (tertiary/aromatic N) is 1. The number of aromatic nitrogens is 1. The molecule has 0 aliphatic rings. The summed E-state index contributed by atoms with van der Waals surface area (Å²) in [5, 5.41) is 2.09. The highest BCUT2D eigenvalue weighted by molar-refractivity contribution is 7.13. The Labute approximate surface area is 87.4 Å². The van der Waals surface area contributed by atoms with E-state index in [1.165, 1.54) is 10.4 Å². The molecule has 0 fully saturated rings. The SMILES string of the molecule is NCCc1ccsc1-c1ccccn1. The highest BCUT2D eigenvalue weighted by atomic mass is 32.1. The standard InChI is InChI=1S/C11H12N2S/c12-6-4-9-5-8-14-11(9)10-3-1-2-7-13-10/h1-3,5,7-8H,4,6,12H2. The molecule has 3 heteroatoms. The molecule has 2 heterocycles. The molecule has 0 saturated heterocycles. The summed E-state index contributed by atoms with van der Waals surface area (Å²) in [6, 6.07) is 8.10. The van der Waals surface area contributed by atoms with Gasteiger partial charge in [0.05, 0.1) is 10.6 Å². The van der Waals surface area contributed by atoms with Crippen LogP contribution < -0.4 is 5.73 Å². The second-order valence-corrected chi connectivity index (χ2v) is 3.94. The van der Waals surface area contributed by atoms with E-state index >= 15 is 0 Å². The van der Waals surface area contributed by atoms with Crippen LogP contribution in [0.25, 0.3) is 10.6 Å². The summed E-state index contributed by atoms with van der Waals surface area (Å²) >= 11 is 1.72. The summed E-state index contributed by atoms with van der Waals surface area (Å²) < 4.78 is 0. The van der Waals surface area contributed by atoms with Gasteiger partial charge in [-0.1, -0.05) is 6.07 Å². The van der Waals surface area contributed by atoms with Crippen LogP contribution in [0.1, 0.15) is 5.56 Å². The van der Waals surface area contributed by atoms with Gasteiger partial charge in [0.1, 0.15) is 0 Å². The molecule has 0 atom stereocenters. The predicted octanol–water partition coefficient (Wildman–Crippen LogP) is 2.31. The smallest absolute Gasteiger partial charge is 0.0804 e. The minimum Gasteiger partial charge on any atom is -0.330 e. The molecule has 2 aromatic rings. The summed E-state index contributed by atoms with van der Waals surface area (Å²) in [6.45, 7) is 0.691. The van der Waals surface area contributed by atoms with Crippen LogP contribution in [0.5, 0.6) is 0 Å². The lowest BCUT2D eigenvalue weighted by molar-refractivity contribution is 0.974. The minimum atomic E-state index is 0.691. The van der Waals surface area contributed by atoms with Gasteiger partial charge in [-0.25, -0.2) is 0 Å². The fourth-order valence-electron chi connectivity index (χ4n) is 1.41. The number of rotatable bonds is 3. The number of nitrogens with two attached hydrogens (primary N) is 1. The molecule has 0 amide bonds. The molecule has 2 nitrogen and oxygen atoms in total. The first-order valence-corrected chi connectivity index (χ1v) is 5.47. The summed E-state index contributed by atoms with van der Waals surface area (Å²) in [7, 11) is 0. The third-order valence-corrected chi connectivity index (χ3v) is 3.04. The van der Waals surface area contributed by atoms with E-state index in [0.29, 0.717) is 6.54 Å². The van der Waals surface area contributed by atoms with E-state index in [1.54, 1.807) is 11.3 Å². The van der Waals surface area contributed by atoms with Crippen molar-refractivity contribution in [3.8, 4) is 10.6 Å². The average molecular weight is 204 g/mol. The number of thiophene rings is 1. The molecule has 14 heavy (non-hydrogen) atoms. The van der Waals surface area contributed by atoms with Crippen molar-refractivity contribution in [2.24, 2.45) is 5.73 Å². The van der Waals surface area contributed by atoms with Crippen LogP contribution in [0, 0.1) is 0 Å². The Kier molecular flexibility index (Phi) is 2.91. The van der Waals surface area contributed by atoms with Gasteiger partial charge in [-0.05, 0) is 42.1 Å². The minimum absolute atomic E-state index is 0.691. The van der Waals surface area contributed by atoms with E-state index in [9.17, 15) is 0 Å². The fraction of sp³-hybridized carbons (Fsp3) is 0.182. The quantitative estimate of drug-likeness (QED) is 0.833. The first-order valence-electron chi connectivity index (χ1n) is 4.59. The van der Waals surface area contributed by atoms with Gasteiger partial charge in [-0.2, -0.15) is 0 Å². The van der Waals surface area contributed by atoms with Gasteiger partial charge < -0.3 is 5.73 Å². The highest BCUT2D eigenvalue weighted by Crippen LogP contribution is 2.27. The molecule has 0 aliphatic heterocycles. The van der Waals surface area contributed by atoms with Gasteiger partial charge in [0.25, 0.3) is 0 Å². The lowest BCUT2D eigenvalue weighted by Gasteiger charge is -2.00. The van der Waals surface area contributed by atoms with Gasteiger partial charge in [0, 0.05) is 6.20 Å². The lowest BCUT2D eigenvalue weighted by Crippen LogP contribution is -2.02. The van der Waals surface area contributed by atoms with Crippen molar-refractivity contribution in [2.45, 2.75) is 6.42 Å². The topological polar surface area (TPSA) is 38.9 Å². The number of pyridine rings is 1. The van der Waals surface area contributed by atoms with E-state index in [-0.39, 0.29) is 0 Å². The normalized spacial score (nSPS) is 10.4. The van der Waals surface area contributed by atoms with Crippen molar-refractivity contribution in [3.05, 3.63) is 41.4 Å². The second kappa shape index (κ2) is 4.35. The first kappa shape index (κ1) is 9.37. The van der Waals surface area contributed by atoms with Crippen LogP contribution in [0.3, 0.4) is 0 Å². The molecular weight excluding hydrogens is 192 g/mol. The molecule has 0 aliphatic carbocycles. The third kappa shape index (κ3) is 1.84. The van der Waals surface area contributed by atoms with E-state index in [4.69, 9.17) is 5.73 Å².